The first kappa shape index (κ1) is 23.0. The fourth-order valence-electron chi connectivity index (χ4n) is 1.07. The highest BCUT2D eigenvalue weighted by Gasteiger charge is 1.95. The molecule has 86 valence electrons. The van der Waals surface area contributed by atoms with Gasteiger partial charge in [0.15, 0.2) is 0 Å². The fraction of sp³-hybridized carbons (Fsp3) is 0.333. The topological polar surface area (TPSA) is 3.24 Å². The van der Waals surface area contributed by atoms with Crippen LogP contribution in [0.2, 0.25) is 0 Å². The maximum atomic E-state index is 2.12. The lowest BCUT2D eigenvalue weighted by Gasteiger charge is -2.14. The molecule has 0 aliphatic rings. The summed E-state index contributed by atoms with van der Waals surface area (Å²) in [7, 11) is 4.12. The van der Waals surface area contributed by atoms with Crippen molar-refractivity contribution >= 4 is 5.69 Å². The van der Waals surface area contributed by atoms with Crippen molar-refractivity contribution in [2.45, 2.75) is 6.92 Å². The molecule has 0 aromatic heterocycles. The number of aryl methyl sites for hydroxylation is 1. The van der Waals surface area contributed by atoms with Crippen LogP contribution in [-0.2, 0) is 0 Å². The van der Waals surface area contributed by atoms with Gasteiger partial charge in [-0.15, -0.1) is 0 Å². The van der Waals surface area contributed by atoms with Crippen LogP contribution in [-0.4, -0.2) is 14.1 Å². The van der Waals surface area contributed by atoms with Crippen LogP contribution >= 0.6 is 0 Å². The third-order valence-corrected chi connectivity index (χ3v) is 1.60. The molecule has 0 radical (unpaired) electrons. The van der Waals surface area contributed by atoms with E-state index in [1.165, 1.54) is 11.3 Å². The lowest BCUT2D eigenvalue weighted by atomic mass is 10.2. The Bertz CT molecular complexity index is 228. The molecule has 1 aromatic rings. The molecule has 5 heteroatoms. The summed E-state index contributed by atoms with van der Waals surface area (Å²) in [5, 5.41) is 0. The van der Waals surface area contributed by atoms with E-state index < -0.39 is 0 Å². The Morgan fingerprint density at radius 2 is 1.29 bits per heavy atom. The Balaban J connectivity index is -0.000000125. The zero-order valence-electron chi connectivity index (χ0n) is 8.39. The minimum atomic E-state index is 0. The predicted molar refractivity (Wildman–Crippen MR) is 55.5 cm³/mol. The number of rotatable bonds is 1. The fourth-order valence-corrected chi connectivity index (χ4v) is 1.07. The van der Waals surface area contributed by atoms with Crippen molar-refractivity contribution in [1.29, 1.82) is 0 Å². The molecule has 0 aliphatic heterocycles. The Morgan fingerprint density at radius 1 is 0.857 bits per heavy atom. The van der Waals surface area contributed by atoms with E-state index in [2.05, 4.69) is 50.2 Å². The minimum Gasteiger partial charge on any atom is -0.377 e. The number of hydrogen-bond donors (Lipinski definition) is 0. The molecule has 0 aliphatic carbocycles. The van der Waals surface area contributed by atoms with Crippen molar-refractivity contribution in [3.8, 4) is 0 Å². The normalized spacial score (nSPS) is 6.79. The van der Waals surface area contributed by atoms with Gasteiger partial charge in [-0.1, -0.05) is 18.2 Å². The number of anilines is 1. The monoisotopic (exact) mass is 215 g/mol. The average molecular weight is 215 g/mol. The summed E-state index contributed by atoms with van der Waals surface area (Å²) >= 11 is 0. The van der Waals surface area contributed by atoms with Crippen LogP contribution < -0.4 is 4.90 Å². The Morgan fingerprint density at radius 3 is 1.57 bits per heavy atom. The molecular formula is C9H17F4N. The van der Waals surface area contributed by atoms with Crippen molar-refractivity contribution in [3.05, 3.63) is 29.8 Å². The molecule has 1 nitrogen and oxygen atoms in total. The van der Waals surface area contributed by atoms with Crippen molar-refractivity contribution in [1.82, 2.24) is 0 Å². The quantitative estimate of drug-likeness (QED) is 0.651. The Labute approximate surface area is 81.2 Å². The number of para-hydroxylation sites is 1. The summed E-state index contributed by atoms with van der Waals surface area (Å²) in [6.07, 6.45) is 0. The smallest absolute Gasteiger partial charge is 0.0390 e. The summed E-state index contributed by atoms with van der Waals surface area (Å²) < 4.78 is 0. The van der Waals surface area contributed by atoms with E-state index in [9.17, 15) is 0 Å². The van der Waals surface area contributed by atoms with E-state index in [4.69, 9.17) is 0 Å². The summed E-state index contributed by atoms with van der Waals surface area (Å²) in [6.45, 7) is 2.12. The number of halogens is 4. The third kappa shape index (κ3) is 5.40. The van der Waals surface area contributed by atoms with Gasteiger partial charge in [0.25, 0.3) is 0 Å². The third-order valence-electron chi connectivity index (χ3n) is 1.60. The van der Waals surface area contributed by atoms with Gasteiger partial charge in [-0.05, 0) is 18.6 Å². The van der Waals surface area contributed by atoms with Crippen molar-refractivity contribution in [2.24, 2.45) is 0 Å². The molecule has 0 saturated heterocycles. The van der Waals surface area contributed by atoms with Crippen LogP contribution in [0.1, 0.15) is 5.56 Å². The van der Waals surface area contributed by atoms with E-state index >= 15 is 0 Å². The molecule has 1 rings (SSSR count). The lowest BCUT2D eigenvalue weighted by molar-refractivity contribution is 1.11. The van der Waals surface area contributed by atoms with Gasteiger partial charge in [0.1, 0.15) is 0 Å². The zero-order valence-corrected chi connectivity index (χ0v) is 8.39. The molecule has 14 heavy (non-hydrogen) atoms. The van der Waals surface area contributed by atoms with Crippen molar-refractivity contribution < 1.29 is 18.8 Å². The second kappa shape index (κ2) is 9.83. The van der Waals surface area contributed by atoms with Gasteiger partial charge < -0.3 is 4.90 Å². The summed E-state index contributed by atoms with van der Waals surface area (Å²) in [6, 6.07) is 8.36. The molecule has 1 aromatic carbocycles. The van der Waals surface area contributed by atoms with Gasteiger partial charge in [0, 0.05) is 19.8 Å². The molecule has 0 spiro atoms. The van der Waals surface area contributed by atoms with Gasteiger partial charge in [0.2, 0.25) is 0 Å². The van der Waals surface area contributed by atoms with E-state index in [-0.39, 0.29) is 18.8 Å². The van der Waals surface area contributed by atoms with E-state index in [0.29, 0.717) is 0 Å². The summed E-state index contributed by atoms with van der Waals surface area (Å²) in [4.78, 5) is 2.12. The van der Waals surface area contributed by atoms with Gasteiger partial charge in [0.05, 0.1) is 0 Å². The maximum Gasteiger partial charge on any atom is 0.0390 e. The first-order valence-corrected chi connectivity index (χ1v) is 3.45. The Kier molecular flexibility index (Phi) is 16.1. The van der Waals surface area contributed by atoms with Gasteiger partial charge in [-0.2, -0.15) is 0 Å². The zero-order chi connectivity index (χ0) is 7.56. The van der Waals surface area contributed by atoms with Crippen LogP contribution in [0.3, 0.4) is 0 Å². The summed E-state index contributed by atoms with van der Waals surface area (Å²) in [5.74, 6) is 0. The molecule has 0 fully saturated rings. The molecule has 0 saturated carbocycles. The molecule has 0 heterocycles. The highest BCUT2D eigenvalue weighted by atomic mass is 19.0. The van der Waals surface area contributed by atoms with E-state index in [1.807, 2.05) is 0 Å². The lowest BCUT2D eigenvalue weighted by Crippen LogP contribution is -2.09. The first-order valence-electron chi connectivity index (χ1n) is 3.45. The van der Waals surface area contributed by atoms with Crippen LogP contribution in [0.5, 0.6) is 0 Å². The minimum absolute atomic E-state index is 0. The number of nitrogens with zero attached hydrogens (tertiary/aromatic N) is 1. The number of benzene rings is 1. The van der Waals surface area contributed by atoms with Crippen molar-refractivity contribution in [3.63, 3.8) is 0 Å². The molecule has 0 bridgehead atoms. The van der Waals surface area contributed by atoms with E-state index in [1.54, 1.807) is 0 Å². The molecule has 0 amide bonds. The van der Waals surface area contributed by atoms with Gasteiger partial charge >= 0.3 is 0 Å². The Hall–Kier alpha value is -1.26. The van der Waals surface area contributed by atoms with Gasteiger partial charge in [-0.25, -0.2) is 0 Å². The van der Waals surface area contributed by atoms with Crippen LogP contribution in [0.4, 0.5) is 24.5 Å². The van der Waals surface area contributed by atoms with Crippen LogP contribution in [0, 0.1) is 6.92 Å². The molecule has 0 unspecified atom stereocenters. The second-order valence-electron chi connectivity index (χ2n) is 2.68. The maximum absolute atomic E-state index is 2.12. The van der Waals surface area contributed by atoms with Gasteiger partial charge in [-0.3, -0.25) is 18.8 Å². The van der Waals surface area contributed by atoms with Crippen molar-refractivity contribution in [2.75, 3.05) is 19.0 Å². The SMILES string of the molecule is Cc1ccccc1N(C)C.F.F.F.F. The molecular weight excluding hydrogens is 198 g/mol. The standard InChI is InChI=1S/C9H13N.4FH/c1-8-6-4-5-7-9(8)10(2)3;;;;/h4-7H,1-3H3;4*1H. The molecule has 0 N–H and O–H groups in total. The first-order chi connectivity index (χ1) is 4.72. The summed E-state index contributed by atoms with van der Waals surface area (Å²) in [5.41, 5.74) is 2.62. The van der Waals surface area contributed by atoms with E-state index in [0.717, 1.165) is 0 Å². The van der Waals surface area contributed by atoms with Crippen LogP contribution in [0.25, 0.3) is 0 Å². The molecule has 0 atom stereocenters. The highest BCUT2D eigenvalue weighted by molar-refractivity contribution is 5.51. The predicted octanol–water partition coefficient (Wildman–Crippen LogP) is 2.67. The largest absolute Gasteiger partial charge is 0.377 e. The highest BCUT2D eigenvalue weighted by Crippen LogP contribution is 2.15. The second-order valence-corrected chi connectivity index (χ2v) is 2.68. The number of hydrogen-bond acceptors (Lipinski definition) is 1. The average Bonchev–Trinajstić information content (AvgIpc) is 1.88. The van der Waals surface area contributed by atoms with Crippen LogP contribution in [0.15, 0.2) is 24.3 Å².